The molecule has 0 saturated heterocycles. The van der Waals surface area contributed by atoms with Crippen LogP contribution < -0.4 is 16.6 Å². The average molecular weight is 427 g/mol. The van der Waals surface area contributed by atoms with E-state index in [4.69, 9.17) is 11.6 Å². The fourth-order valence-corrected chi connectivity index (χ4v) is 4.37. The first-order valence-electron chi connectivity index (χ1n) is 10.2. The average Bonchev–Trinajstić information content (AvgIpc) is 2.75. The molecule has 1 aliphatic carbocycles. The molecule has 0 radical (unpaired) electrons. The molecule has 3 aromatic rings. The molecule has 0 bridgehead atoms. The van der Waals surface area contributed by atoms with E-state index in [0.29, 0.717) is 22.8 Å². The van der Waals surface area contributed by atoms with Crippen LogP contribution in [0.25, 0.3) is 10.9 Å². The van der Waals surface area contributed by atoms with Gasteiger partial charge in [-0.3, -0.25) is 9.59 Å². The van der Waals surface area contributed by atoms with E-state index in [-0.39, 0.29) is 11.3 Å². The van der Waals surface area contributed by atoms with Gasteiger partial charge in [-0.25, -0.2) is 14.3 Å². The van der Waals surface area contributed by atoms with Gasteiger partial charge in [-0.2, -0.15) is 0 Å². The molecule has 30 heavy (non-hydrogen) atoms. The molecule has 2 N–H and O–H groups in total. The SMILES string of the molecule is O=C(Nc1ccccn1)C(CC1CCCCC1)n1c(=O)[nH]c2ccc(Cl)cc2c1=O. The number of aromatic nitrogens is 3. The monoisotopic (exact) mass is 426 g/mol. The van der Waals surface area contributed by atoms with Crippen LogP contribution in [0.3, 0.4) is 0 Å². The summed E-state index contributed by atoms with van der Waals surface area (Å²) in [5.74, 6) is 0.234. The summed E-state index contributed by atoms with van der Waals surface area (Å²) in [5, 5.41) is 3.42. The van der Waals surface area contributed by atoms with E-state index < -0.39 is 23.2 Å². The zero-order valence-electron chi connectivity index (χ0n) is 16.4. The molecule has 0 aliphatic heterocycles. The number of amides is 1. The van der Waals surface area contributed by atoms with Crippen molar-refractivity contribution in [2.24, 2.45) is 5.92 Å². The van der Waals surface area contributed by atoms with E-state index in [9.17, 15) is 14.4 Å². The van der Waals surface area contributed by atoms with Gasteiger partial charge in [0.1, 0.15) is 11.9 Å². The number of nitrogens with zero attached hydrogens (tertiary/aromatic N) is 2. The van der Waals surface area contributed by atoms with E-state index in [2.05, 4.69) is 15.3 Å². The van der Waals surface area contributed by atoms with Crippen LogP contribution in [0.15, 0.2) is 52.2 Å². The number of rotatable bonds is 5. The summed E-state index contributed by atoms with van der Waals surface area (Å²) in [4.78, 5) is 46.1. The Morgan fingerprint density at radius 2 is 2.00 bits per heavy atom. The third-order valence-electron chi connectivity index (χ3n) is 5.70. The van der Waals surface area contributed by atoms with Crippen LogP contribution in [-0.4, -0.2) is 20.4 Å². The number of hydrogen-bond donors (Lipinski definition) is 2. The van der Waals surface area contributed by atoms with Crippen molar-refractivity contribution in [1.82, 2.24) is 14.5 Å². The van der Waals surface area contributed by atoms with Crippen molar-refractivity contribution in [3.05, 3.63) is 68.5 Å². The van der Waals surface area contributed by atoms with Crippen molar-refractivity contribution in [1.29, 1.82) is 0 Å². The van der Waals surface area contributed by atoms with Crippen molar-refractivity contribution < 1.29 is 4.79 Å². The molecular formula is C22H23ClN4O3. The lowest BCUT2D eigenvalue weighted by Crippen LogP contribution is -2.43. The van der Waals surface area contributed by atoms with Gasteiger partial charge in [0, 0.05) is 11.2 Å². The smallest absolute Gasteiger partial charge is 0.309 e. The van der Waals surface area contributed by atoms with Gasteiger partial charge in [-0.1, -0.05) is 49.8 Å². The predicted molar refractivity (Wildman–Crippen MR) is 117 cm³/mol. The fraction of sp³-hybridized carbons (Fsp3) is 0.364. The van der Waals surface area contributed by atoms with Crippen LogP contribution >= 0.6 is 11.6 Å². The quantitative estimate of drug-likeness (QED) is 0.646. The van der Waals surface area contributed by atoms with E-state index in [0.717, 1.165) is 30.3 Å². The zero-order chi connectivity index (χ0) is 21.1. The summed E-state index contributed by atoms with van der Waals surface area (Å²) in [6.45, 7) is 0. The second kappa shape index (κ2) is 8.83. The highest BCUT2D eigenvalue weighted by atomic mass is 35.5. The summed E-state index contributed by atoms with van der Waals surface area (Å²) in [7, 11) is 0. The van der Waals surface area contributed by atoms with Crippen LogP contribution in [0, 0.1) is 5.92 Å². The van der Waals surface area contributed by atoms with E-state index in [1.54, 1.807) is 36.5 Å². The highest BCUT2D eigenvalue weighted by Gasteiger charge is 2.29. The number of pyridine rings is 1. The van der Waals surface area contributed by atoms with Crippen molar-refractivity contribution >= 4 is 34.2 Å². The highest BCUT2D eigenvalue weighted by molar-refractivity contribution is 6.31. The Labute approximate surface area is 178 Å². The number of carbonyl (C=O) groups excluding carboxylic acids is 1. The van der Waals surface area contributed by atoms with E-state index in [1.165, 1.54) is 12.5 Å². The summed E-state index contributed by atoms with van der Waals surface area (Å²) in [6.07, 6.45) is 7.33. The minimum Gasteiger partial charge on any atom is -0.309 e. The maximum absolute atomic E-state index is 13.2. The zero-order valence-corrected chi connectivity index (χ0v) is 17.2. The topological polar surface area (TPSA) is 96.8 Å². The summed E-state index contributed by atoms with van der Waals surface area (Å²) in [6, 6.07) is 8.96. The number of nitrogens with one attached hydrogen (secondary N) is 2. The lowest BCUT2D eigenvalue weighted by molar-refractivity contribution is -0.120. The van der Waals surface area contributed by atoms with Gasteiger partial charge < -0.3 is 10.3 Å². The van der Waals surface area contributed by atoms with Crippen molar-refractivity contribution in [2.45, 2.75) is 44.6 Å². The van der Waals surface area contributed by atoms with Crippen LogP contribution in [-0.2, 0) is 4.79 Å². The fourth-order valence-electron chi connectivity index (χ4n) is 4.20. The lowest BCUT2D eigenvalue weighted by atomic mass is 9.84. The number of fused-ring (bicyclic) bond motifs is 1. The van der Waals surface area contributed by atoms with Gasteiger partial charge in [0.05, 0.1) is 10.9 Å². The van der Waals surface area contributed by atoms with Gasteiger partial charge in [0.2, 0.25) is 5.91 Å². The number of hydrogen-bond acceptors (Lipinski definition) is 4. The molecule has 1 fully saturated rings. The third-order valence-corrected chi connectivity index (χ3v) is 5.94. The molecule has 156 valence electrons. The summed E-state index contributed by atoms with van der Waals surface area (Å²) < 4.78 is 1.03. The maximum atomic E-state index is 13.2. The standard InChI is InChI=1S/C22H23ClN4O3/c23-15-9-10-17-16(13-15)21(29)27(22(30)25-17)18(12-14-6-2-1-3-7-14)20(28)26-19-8-4-5-11-24-19/h4-5,8-11,13-14,18H,1-3,6-7,12H2,(H,25,30)(H,24,26,28). The number of carbonyl (C=O) groups is 1. The largest absolute Gasteiger partial charge is 0.329 e. The van der Waals surface area contributed by atoms with Crippen molar-refractivity contribution in [3.8, 4) is 0 Å². The summed E-state index contributed by atoms with van der Waals surface area (Å²) >= 11 is 6.06. The molecule has 4 rings (SSSR count). The first-order chi connectivity index (χ1) is 14.5. The van der Waals surface area contributed by atoms with Gasteiger partial charge in [-0.15, -0.1) is 0 Å². The minimum absolute atomic E-state index is 0.277. The Bertz CT molecular complexity index is 1170. The number of benzene rings is 1. The van der Waals surface area contributed by atoms with Crippen LogP contribution in [0.1, 0.15) is 44.6 Å². The molecule has 1 saturated carbocycles. The Hall–Kier alpha value is -2.93. The first kappa shape index (κ1) is 20.3. The van der Waals surface area contributed by atoms with Gasteiger partial charge in [-0.05, 0) is 42.7 Å². The maximum Gasteiger partial charge on any atom is 0.329 e. The minimum atomic E-state index is -0.935. The van der Waals surface area contributed by atoms with Crippen LogP contribution in [0.4, 0.5) is 5.82 Å². The molecule has 2 heterocycles. The van der Waals surface area contributed by atoms with Crippen molar-refractivity contribution in [3.63, 3.8) is 0 Å². The molecule has 1 aliphatic rings. The molecule has 7 nitrogen and oxygen atoms in total. The van der Waals surface area contributed by atoms with Gasteiger partial charge in [0.25, 0.3) is 5.56 Å². The van der Waals surface area contributed by atoms with Crippen LogP contribution in [0.2, 0.25) is 5.02 Å². The Morgan fingerprint density at radius 3 is 2.73 bits per heavy atom. The molecule has 8 heteroatoms. The summed E-state index contributed by atoms with van der Waals surface area (Å²) in [5.41, 5.74) is -0.729. The van der Waals surface area contributed by atoms with E-state index >= 15 is 0 Å². The number of anilines is 1. The first-order valence-corrected chi connectivity index (χ1v) is 10.6. The molecule has 0 spiro atoms. The molecule has 1 unspecified atom stereocenters. The molecular weight excluding hydrogens is 404 g/mol. The molecule has 1 aromatic carbocycles. The number of H-pyrrole nitrogens is 1. The highest BCUT2D eigenvalue weighted by Crippen LogP contribution is 2.30. The molecule has 2 aromatic heterocycles. The normalized spacial score (nSPS) is 15.8. The molecule has 1 amide bonds. The molecule has 1 atom stereocenters. The van der Waals surface area contributed by atoms with Crippen molar-refractivity contribution in [2.75, 3.05) is 5.32 Å². The second-order valence-corrected chi connectivity index (χ2v) is 8.19. The Kier molecular flexibility index (Phi) is 5.99. The Morgan fingerprint density at radius 1 is 1.20 bits per heavy atom. The lowest BCUT2D eigenvalue weighted by Gasteiger charge is -2.26. The van der Waals surface area contributed by atoms with E-state index in [1.807, 2.05) is 0 Å². The Balaban J connectivity index is 1.77. The number of aromatic amines is 1. The van der Waals surface area contributed by atoms with Gasteiger partial charge in [0.15, 0.2) is 0 Å². The third kappa shape index (κ3) is 4.31. The predicted octanol–water partition coefficient (Wildman–Crippen LogP) is 3.89. The second-order valence-electron chi connectivity index (χ2n) is 7.75. The van der Waals surface area contributed by atoms with Gasteiger partial charge >= 0.3 is 5.69 Å². The van der Waals surface area contributed by atoms with Crippen LogP contribution in [0.5, 0.6) is 0 Å². The number of halogens is 1.